The molecule has 0 fully saturated rings. The van der Waals surface area contributed by atoms with Crippen molar-refractivity contribution in [3.8, 4) is 0 Å². The molecule has 10 heavy (non-hydrogen) atoms. The van der Waals surface area contributed by atoms with E-state index >= 15 is 0 Å². The fraction of sp³-hybridized carbons (Fsp3) is 0. The van der Waals surface area contributed by atoms with Crippen LogP contribution in [0.1, 0.15) is 0 Å². The van der Waals surface area contributed by atoms with Crippen molar-refractivity contribution in [2.45, 2.75) is 0 Å². The molecule has 0 aliphatic carbocycles. The summed E-state index contributed by atoms with van der Waals surface area (Å²) in [6, 6.07) is 0. The van der Waals surface area contributed by atoms with E-state index in [1.54, 1.807) is 0 Å². The summed E-state index contributed by atoms with van der Waals surface area (Å²) in [6.45, 7) is 0. The Morgan fingerprint density at radius 1 is 0.500 bits per heavy atom. The second kappa shape index (κ2) is 176. The normalized spacial score (nSPS) is 0. The van der Waals surface area contributed by atoms with Crippen LogP contribution in [0.25, 0.3) is 0 Å². The molecular weight excluding hydrogens is 607 g/mol. The Balaban J connectivity index is 0. The van der Waals surface area contributed by atoms with Crippen molar-refractivity contribution >= 4 is 23.9 Å². The summed E-state index contributed by atoms with van der Waals surface area (Å²) in [5.74, 6) is 0. The fourth-order valence-corrected chi connectivity index (χ4v) is 0. The maximum atomic E-state index is 0. The van der Waals surface area contributed by atoms with E-state index in [9.17, 15) is 0 Å². The van der Waals surface area contributed by atoms with E-state index in [1.165, 1.54) is 0 Å². The number of rotatable bonds is 0. The summed E-state index contributed by atoms with van der Waals surface area (Å²) in [6.07, 6.45) is 0. The summed E-state index contributed by atoms with van der Waals surface area (Å²) >= 11 is 0. The van der Waals surface area contributed by atoms with Gasteiger partial charge in [0.15, 0.2) is 0 Å². The van der Waals surface area contributed by atoms with Crippen molar-refractivity contribution in [2.24, 2.45) is 0 Å². The van der Waals surface area contributed by atoms with E-state index in [2.05, 4.69) is 0 Å². The van der Waals surface area contributed by atoms with Gasteiger partial charge in [-0.3, -0.25) is 0 Å². The molecular formula is O6PdPtSnZr. The molecule has 0 bridgehead atoms. The molecule has 0 aliphatic heterocycles. The predicted octanol–water partition coefficient (Wildman–Crippen LogP) is -1.10. The first-order chi connectivity index (χ1) is 0. The van der Waals surface area contributed by atoms with Crippen LogP contribution in [-0.4, -0.2) is 23.9 Å². The molecule has 0 atom stereocenters. The molecule has 0 heterocycles. The van der Waals surface area contributed by atoms with Gasteiger partial charge in [0.2, 0.25) is 0 Å². The largest absolute Gasteiger partial charge is 4.00 e. The van der Waals surface area contributed by atoms with E-state index in [0.717, 1.165) is 0 Å². The van der Waals surface area contributed by atoms with Gasteiger partial charge in [0.1, 0.15) is 0 Å². The van der Waals surface area contributed by atoms with Crippen LogP contribution in [0.4, 0.5) is 0 Å². The molecule has 64 valence electrons. The van der Waals surface area contributed by atoms with Crippen LogP contribution in [0.15, 0.2) is 0 Å². The van der Waals surface area contributed by atoms with Gasteiger partial charge in [-0.05, 0) is 0 Å². The standard InChI is InChI=1S/6O.Pd.Pt.Sn.Zr/q6*-2;2*+2;2*+4. The SMILES string of the molecule is [O-2].[O-2].[O-2].[O-2].[O-2].[O-2].[Pd+2].[Pt+2].[Sn+4].[Zr+4]. The van der Waals surface area contributed by atoms with Gasteiger partial charge < -0.3 is 32.9 Å². The molecule has 0 saturated heterocycles. The molecule has 0 amide bonds. The van der Waals surface area contributed by atoms with Crippen LogP contribution >= 0.6 is 0 Å². The second-order valence-electron chi connectivity index (χ2n) is 0. The van der Waals surface area contributed by atoms with Gasteiger partial charge >= 0.3 is 91.6 Å². The van der Waals surface area contributed by atoms with E-state index in [-0.39, 0.29) is 124 Å². The van der Waals surface area contributed by atoms with Crippen LogP contribution in [0.2, 0.25) is 0 Å². The predicted molar refractivity (Wildman–Crippen MR) is 9.87 cm³/mol. The van der Waals surface area contributed by atoms with Gasteiger partial charge in [0.25, 0.3) is 0 Å². The Labute approximate surface area is 123 Å². The third-order valence-electron chi connectivity index (χ3n) is 0. The van der Waals surface area contributed by atoms with E-state index < -0.39 is 0 Å². The van der Waals surface area contributed by atoms with Gasteiger partial charge in [-0.15, -0.1) is 0 Å². The summed E-state index contributed by atoms with van der Waals surface area (Å²) in [7, 11) is 0. The van der Waals surface area contributed by atoms with Crippen molar-refractivity contribution in [2.75, 3.05) is 0 Å². The molecule has 0 aromatic heterocycles. The molecule has 6 nitrogen and oxygen atoms in total. The van der Waals surface area contributed by atoms with Gasteiger partial charge in [-0.25, -0.2) is 0 Å². The number of hydrogen-bond donors (Lipinski definition) is 0. The Hall–Kier alpha value is 2.79. The molecule has 10 heteroatoms. The minimum atomic E-state index is 0. The molecule has 0 aromatic rings. The molecule has 0 N–H and O–H groups in total. The zero-order valence-corrected chi connectivity index (χ0v) is 13.2. The van der Waals surface area contributed by atoms with Crippen LogP contribution in [0, 0.1) is 0 Å². The molecule has 0 aliphatic rings. The second-order valence-corrected chi connectivity index (χ2v) is 0. The molecule has 0 aromatic carbocycles. The molecule has 0 saturated carbocycles. The summed E-state index contributed by atoms with van der Waals surface area (Å²) in [4.78, 5) is 0. The average Bonchev–Trinajstić information content (AvgIpc) is 0. The van der Waals surface area contributed by atoms with Crippen molar-refractivity contribution in [3.05, 3.63) is 0 Å². The molecule has 0 spiro atoms. The maximum Gasteiger partial charge on any atom is 4.00 e. The third-order valence-corrected chi connectivity index (χ3v) is 0. The smallest absolute Gasteiger partial charge is 2.00 e. The first-order valence-corrected chi connectivity index (χ1v) is 0. The van der Waals surface area contributed by atoms with Crippen LogP contribution < -0.4 is 0 Å². The Kier molecular flexibility index (Phi) is 4020. The van der Waals surface area contributed by atoms with Gasteiger partial charge in [-0.2, -0.15) is 0 Å². The molecule has 0 unspecified atom stereocenters. The fourth-order valence-electron chi connectivity index (χ4n) is 0. The van der Waals surface area contributed by atoms with Crippen LogP contribution in [-0.2, 0) is 101 Å². The Bertz CT molecular complexity index is 17.7. The van der Waals surface area contributed by atoms with Crippen molar-refractivity contribution in [1.29, 1.82) is 0 Å². The van der Waals surface area contributed by atoms with Crippen molar-refractivity contribution in [1.82, 2.24) is 0 Å². The monoisotopic (exact) mass is 607 g/mol. The topological polar surface area (TPSA) is 171 Å². The minimum absolute atomic E-state index is 0. The van der Waals surface area contributed by atoms with E-state index in [0.29, 0.717) is 0 Å². The Morgan fingerprint density at radius 3 is 0.500 bits per heavy atom. The van der Waals surface area contributed by atoms with E-state index in [4.69, 9.17) is 0 Å². The first-order valence-electron chi connectivity index (χ1n) is 0. The quantitative estimate of drug-likeness (QED) is 0.305. The first kappa shape index (κ1) is 228. The van der Waals surface area contributed by atoms with Gasteiger partial charge in [-0.1, -0.05) is 0 Å². The Morgan fingerprint density at radius 2 is 0.500 bits per heavy atom. The minimum Gasteiger partial charge on any atom is -2.00 e. The number of hydrogen-bond acceptors (Lipinski definition) is 0. The third kappa shape index (κ3) is 133. The average molecular weight is 607 g/mol. The molecule has 0 rings (SSSR count). The summed E-state index contributed by atoms with van der Waals surface area (Å²) in [5, 5.41) is 0. The zero-order valence-electron chi connectivity index (χ0n) is 4.08. The van der Waals surface area contributed by atoms with E-state index in [1.807, 2.05) is 0 Å². The summed E-state index contributed by atoms with van der Waals surface area (Å²) in [5.41, 5.74) is 0. The van der Waals surface area contributed by atoms with Crippen molar-refractivity contribution in [3.63, 3.8) is 0 Å². The zero-order chi connectivity index (χ0) is 0. The van der Waals surface area contributed by atoms with Crippen LogP contribution in [0.5, 0.6) is 0 Å². The summed E-state index contributed by atoms with van der Waals surface area (Å²) < 4.78 is 0. The molecule has 0 radical (unpaired) electrons. The maximum absolute atomic E-state index is 0. The van der Waals surface area contributed by atoms with Gasteiger partial charge in [0, 0.05) is 0 Å². The van der Waals surface area contributed by atoms with Gasteiger partial charge in [0.05, 0.1) is 0 Å². The van der Waals surface area contributed by atoms with Crippen molar-refractivity contribution < 1.29 is 101 Å². The van der Waals surface area contributed by atoms with Crippen LogP contribution in [0.3, 0.4) is 0 Å².